The quantitative estimate of drug-likeness (QED) is 0.216. The summed E-state index contributed by atoms with van der Waals surface area (Å²) in [7, 11) is 1.48. The number of amides is 1. The molecule has 0 saturated carbocycles. The van der Waals surface area contributed by atoms with Gasteiger partial charge in [0.1, 0.15) is 5.75 Å². The molecular weight excluding hydrogens is 624 g/mol. The van der Waals surface area contributed by atoms with Crippen molar-refractivity contribution < 1.29 is 22.7 Å². The minimum atomic E-state index is -4.76. The van der Waals surface area contributed by atoms with Crippen molar-refractivity contribution >= 4 is 56.5 Å². The van der Waals surface area contributed by atoms with Crippen LogP contribution in [0.15, 0.2) is 65.3 Å². The summed E-state index contributed by atoms with van der Waals surface area (Å²) in [6, 6.07) is 13.6. The van der Waals surface area contributed by atoms with Crippen molar-refractivity contribution in [3.63, 3.8) is 0 Å². The molecule has 0 unspecified atom stereocenters. The molecule has 1 amide bonds. The minimum Gasteiger partial charge on any atom is -0.497 e. The fraction of sp³-hybridized carbons (Fsp3) is 0.120. The van der Waals surface area contributed by atoms with Crippen molar-refractivity contribution in [1.29, 1.82) is 0 Å². The summed E-state index contributed by atoms with van der Waals surface area (Å²) in [6.07, 6.45) is -3.12. The SMILES string of the molecule is COc1ccc(-c2cc(C(F)(F)F)n3nc(C(=O)Nc4nn(Cc5ccc(Cl)c(Cl)c5)cc4Br)cc3n2)cc1. The molecule has 200 valence electrons. The van der Waals surface area contributed by atoms with Crippen LogP contribution in [-0.2, 0) is 12.7 Å². The minimum absolute atomic E-state index is 0.0631. The monoisotopic (exact) mass is 638 g/mol. The molecule has 0 aliphatic rings. The van der Waals surface area contributed by atoms with E-state index in [4.69, 9.17) is 27.9 Å². The number of carbonyl (C=O) groups excluding carboxylic acids is 1. The Morgan fingerprint density at radius 3 is 2.46 bits per heavy atom. The van der Waals surface area contributed by atoms with Gasteiger partial charge in [-0.3, -0.25) is 9.48 Å². The number of nitrogens with zero attached hydrogens (tertiary/aromatic N) is 5. The molecule has 5 rings (SSSR count). The molecule has 0 radical (unpaired) electrons. The molecule has 2 aromatic carbocycles. The molecule has 0 aliphatic heterocycles. The summed E-state index contributed by atoms with van der Waals surface area (Å²) in [5.74, 6) is -0.0649. The van der Waals surface area contributed by atoms with Crippen LogP contribution in [0.25, 0.3) is 16.9 Å². The van der Waals surface area contributed by atoms with Gasteiger partial charge < -0.3 is 10.1 Å². The first-order valence-corrected chi connectivity index (χ1v) is 12.7. The first-order valence-electron chi connectivity index (χ1n) is 11.1. The van der Waals surface area contributed by atoms with Crippen LogP contribution in [-0.4, -0.2) is 37.4 Å². The van der Waals surface area contributed by atoms with Crippen LogP contribution in [0.4, 0.5) is 19.0 Å². The molecule has 8 nitrogen and oxygen atoms in total. The lowest BCUT2D eigenvalue weighted by Crippen LogP contribution is -2.16. The third kappa shape index (κ3) is 5.72. The van der Waals surface area contributed by atoms with Gasteiger partial charge in [0.25, 0.3) is 5.91 Å². The number of ether oxygens (including phenoxy) is 1. The largest absolute Gasteiger partial charge is 0.497 e. The maximum absolute atomic E-state index is 13.9. The molecular formula is C25H16BrCl2F3N6O2. The molecule has 5 aromatic rings. The molecule has 0 spiro atoms. The topological polar surface area (TPSA) is 86.3 Å². The number of alkyl halides is 3. The molecule has 3 aromatic heterocycles. The van der Waals surface area contributed by atoms with E-state index in [1.807, 2.05) is 0 Å². The number of fused-ring (bicyclic) bond motifs is 1. The summed E-state index contributed by atoms with van der Waals surface area (Å²) in [5, 5.41) is 11.6. The summed E-state index contributed by atoms with van der Waals surface area (Å²) in [5.41, 5.74) is -0.183. The molecule has 0 fully saturated rings. The van der Waals surface area contributed by atoms with Gasteiger partial charge in [-0.25, -0.2) is 9.50 Å². The zero-order valence-electron chi connectivity index (χ0n) is 19.8. The highest BCUT2D eigenvalue weighted by Gasteiger charge is 2.35. The van der Waals surface area contributed by atoms with Gasteiger partial charge in [0.2, 0.25) is 0 Å². The van der Waals surface area contributed by atoms with Gasteiger partial charge in [-0.2, -0.15) is 23.4 Å². The third-order valence-electron chi connectivity index (χ3n) is 5.61. The summed E-state index contributed by atoms with van der Waals surface area (Å²) < 4.78 is 49.5. The number of anilines is 1. The van der Waals surface area contributed by atoms with Crippen LogP contribution in [0.5, 0.6) is 5.75 Å². The van der Waals surface area contributed by atoms with Gasteiger partial charge in [-0.1, -0.05) is 29.3 Å². The van der Waals surface area contributed by atoms with Crippen molar-refractivity contribution in [1.82, 2.24) is 24.4 Å². The number of methoxy groups -OCH3 is 1. The first kappa shape index (κ1) is 27.0. The lowest BCUT2D eigenvalue weighted by molar-refractivity contribution is -0.142. The molecule has 39 heavy (non-hydrogen) atoms. The number of hydrogen-bond acceptors (Lipinski definition) is 5. The van der Waals surface area contributed by atoms with Crippen LogP contribution in [0.1, 0.15) is 21.7 Å². The van der Waals surface area contributed by atoms with E-state index in [0.717, 1.165) is 11.6 Å². The number of halogens is 6. The zero-order valence-corrected chi connectivity index (χ0v) is 22.9. The average molecular weight is 640 g/mol. The molecule has 0 atom stereocenters. The normalized spacial score (nSPS) is 11.7. The van der Waals surface area contributed by atoms with E-state index in [9.17, 15) is 18.0 Å². The van der Waals surface area contributed by atoms with E-state index in [1.165, 1.54) is 13.2 Å². The third-order valence-corrected chi connectivity index (χ3v) is 6.93. The van der Waals surface area contributed by atoms with E-state index in [-0.39, 0.29) is 22.9 Å². The smallest absolute Gasteiger partial charge is 0.433 e. The number of benzene rings is 2. The second kappa shape index (κ2) is 10.5. The van der Waals surface area contributed by atoms with Gasteiger partial charge in [-0.15, -0.1) is 0 Å². The van der Waals surface area contributed by atoms with E-state index in [1.54, 1.807) is 53.3 Å². The number of rotatable bonds is 6. The summed E-state index contributed by atoms with van der Waals surface area (Å²) in [4.78, 5) is 17.3. The number of carbonyl (C=O) groups is 1. The predicted octanol–water partition coefficient (Wildman–Crippen LogP) is 6.99. The van der Waals surface area contributed by atoms with Gasteiger partial charge in [0.05, 0.1) is 33.9 Å². The highest BCUT2D eigenvalue weighted by Crippen LogP contribution is 2.33. The lowest BCUT2D eigenvalue weighted by atomic mass is 10.1. The van der Waals surface area contributed by atoms with Crippen molar-refractivity contribution in [3.05, 3.63) is 92.3 Å². The highest BCUT2D eigenvalue weighted by atomic mass is 79.9. The van der Waals surface area contributed by atoms with Crippen LogP contribution < -0.4 is 10.1 Å². The van der Waals surface area contributed by atoms with Gasteiger partial charge >= 0.3 is 6.18 Å². The predicted molar refractivity (Wildman–Crippen MR) is 143 cm³/mol. The Kier molecular flexibility index (Phi) is 7.27. The number of hydrogen-bond donors (Lipinski definition) is 1. The maximum Gasteiger partial charge on any atom is 0.433 e. The highest BCUT2D eigenvalue weighted by molar-refractivity contribution is 9.10. The molecule has 0 aliphatic carbocycles. The van der Waals surface area contributed by atoms with E-state index in [0.29, 0.717) is 36.9 Å². The van der Waals surface area contributed by atoms with Crippen LogP contribution in [0.2, 0.25) is 10.0 Å². The van der Waals surface area contributed by atoms with Crippen LogP contribution >= 0.6 is 39.1 Å². The van der Waals surface area contributed by atoms with Crippen molar-refractivity contribution in [2.45, 2.75) is 12.7 Å². The first-order chi connectivity index (χ1) is 18.5. The second-order valence-corrected chi connectivity index (χ2v) is 9.95. The lowest BCUT2D eigenvalue weighted by Gasteiger charge is -2.11. The second-order valence-electron chi connectivity index (χ2n) is 8.28. The molecule has 0 saturated heterocycles. The summed E-state index contributed by atoms with van der Waals surface area (Å²) >= 11 is 15.4. The van der Waals surface area contributed by atoms with Crippen molar-refractivity contribution in [3.8, 4) is 17.0 Å². The Balaban J connectivity index is 1.43. The van der Waals surface area contributed by atoms with Gasteiger partial charge in [0.15, 0.2) is 22.9 Å². The fourth-order valence-electron chi connectivity index (χ4n) is 3.76. The zero-order chi connectivity index (χ0) is 27.9. The summed E-state index contributed by atoms with van der Waals surface area (Å²) in [6.45, 7) is 0.326. The number of nitrogens with one attached hydrogen (secondary N) is 1. The fourth-order valence-corrected chi connectivity index (χ4v) is 4.49. The molecule has 14 heteroatoms. The Bertz CT molecular complexity index is 1700. The molecule has 1 N–H and O–H groups in total. The van der Waals surface area contributed by atoms with Crippen molar-refractivity contribution in [2.24, 2.45) is 0 Å². The Morgan fingerprint density at radius 1 is 1.05 bits per heavy atom. The Morgan fingerprint density at radius 2 is 1.79 bits per heavy atom. The van der Waals surface area contributed by atoms with E-state index in [2.05, 4.69) is 36.4 Å². The number of aromatic nitrogens is 5. The Labute approximate surface area is 237 Å². The van der Waals surface area contributed by atoms with Crippen LogP contribution in [0, 0.1) is 0 Å². The van der Waals surface area contributed by atoms with E-state index >= 15 is 0 Å². The van der Waals surface area contributed by atoms with Gasteiger partial charge in [-0.05, 0) is 64.0 Å². The van der Waals surface area contributed by atoms with Crippen molar-refractivity contribution in [2.75, 3.05) is 12.4 Å². The average Bonchev–Trinajstić information content (AvgIpc) is 3.48. The van der Waals surface area contributed by atoms with E-state index < -0.39 is 17.8 Å². The Hall–Kier alpha value is -3.61. The molecule has 3 heterocycles. The maximum atomic E-state index is 13.9. The molecule has 0 bridgehead atoms. The standard InChI is InChI=1S/C25H16BrCl2F3N6O2/c1-39-15-5-3-14(4-6-15)19-9-21(25(29,30)31)37-22(32-19)10-20(34-37)24(38)33-23-16(26)12-36(35-23)11-13-2-7-17(27)18(28)8-13/h2-10,12H,11H2,1H3,(H,33,35,38). The van der Waals surface area contributed by atoms with Gasteiger partial charge in [0, 0.05) is 17.8 Å². The van der Waals surface area contributed by atoms with Crippen LogP contribution in [0.3, 0.4) is 0 Å².